The number of nitrogens with one attached hydrogen (secondary N) is 1. The van der Waals surface area contributed by atoms with Gasteiger partial charge in [-0.15, -0.1) is 0 Å². The summed E-state index contributed by atoms with van der Waals surface area (Å²) in [5, 5.41) is 21.3. The van der Waals surface area contributed by atoms with E-state index in [1.54, 1.807) is 25.1 Å². The zero-order valence-electron chi connectivity index (χ0n) is 10.6. The molecule has 100 valence electrons. The van der Waals surface area contributed by atoms with Crippen molar-refractivity contribution in [2.75, 3.05) is 5.32 Å². The largest absolute Gasteiger partial charge is 0.508 e. The Bertz CT molecular complexity index is 720. The Hall–Kier alpha value is -2.51. The summed E-state index contributed by atoms with van der Waals surface area (Å²) in [4.78, 5) is 12.1. The average molecular weight is 287 g/mol. The summed E-state index contributed by atoms with van der Waals surface area (Å²) in [6.07, 6.45) is 0. The molecule has 0 spiro atoms. The van der Waals surface area contributed by atoms with Crippen molar-refractivity contribution in [1.29, 1.82) is 5.26 Å². The maximum Gasteiger partial charge on any atom is 0.256 e. The second-order valence-electron chi connectivity index (χ2n) is 4.21. The van der Waals surface area contributed by atoms with Gasteiger partial charge in [-0.3, -0.25) is 4.79 Å². The molecule has 0 atom stereocenters. The lowest BCUT2D eigenvalue weighted by Crippen LogP contribution is -2.13. The quantitative estimate of drug-likeness (QED) is 0.887. The van der Waals surface area contributed by atoms with Gasteiger partial charge in [-0.05, 0) is 37.3 Å². The second kappa shape index (κ2) is 5.64. The van der Waals surface area contributed by atoms with Gasteiger partial charge in [0, 0.05) is 16.8 Å². The first-order chi connectivity index (χ1) is 9.52. The molecule has 0 radical (unpaired) electrons. The van der Waals surface area contributed by atoms with E-state index in [-0.39, 0.29) is 16.7 Å². The van der Waals surface area contributed by atoms with Crippen molar-refractivity contribution < 1.29 is 9.90 Å². The van der Waals surface area contributed by atoms with Crippen LogP contribution in [0.15, 0.2) is 36.4 Å². The van der Waals surface area contributed by atoms with Crippen LogP contribution in [0.25, 0.3) is 0 Å². The van der Waals surface area contributed by atoms with E-state index >= 15 is 0 Å². The average Bonchev–Trinajstić information content (AvgIpc) is 2.42. The molecule has 0 unspecified atom stereocenters. The van der Waals surface area contributed by atoms with Crippen LogP contribution in [0.1, 0.15) is 21.5 Å². The summed E-state index contributed by atoms with van der Waals surface area (Å²) < 4.78 is 0. The molecule has 2 rings (SSSR count). The lowest BCUT2D eigenvalue weighted by atomic mass is 10.1. The number of phenols is 1. The van der Waals surface area contributed by atoms with Crippen LogP contribution in [0, 0.1) is 18.3 Å². The van der Waals surface area contributed by atoms with Gasteiger partial charge < -0.3 is 10.4 Å². The van der Waals surface area contributed by atoms with Gasteiger partial charge in [-0.2, -0.15) is 5.26 Å². The van der Waals surface area contributed by atoms with E-state index in [0.29, 0.717) is 22.4 Å². The molecule has 4 nitrogen and oxygen atoms in total. The van der Waals surface area contributed by atoms with Gasteiger partial charge in [-0.25, -0.2) is 0 Å². The van der Waals surface area contributed by atoms with E-state index in [2.05, 4.69) is 5.32 Å². The standard InChI is InChI=1S/C15H11ClN2O2/c1-9-12(3-2-4-14(9)19)15(20)18-11-6-5-10(8-17)13(16)7-11/h2-7,19H,1H3,(H,18,20). The van der Waals surface area contributed by atoms with E-state index in [0.717, 1.165) is 0 Å². The number of hydrogen-bond acceptors (Lipinski definition) is 3. The number of anilines is 1. The molecule has 0 aliphatic rings. The van der Waals surface area contributed by atoms with Crippen LogP contribution in [-0.4, -0.2) is 11.0 Å². The monoisotopic (exact) mass is 286 g/mol. The van der Waals surface area contributed by atoms with Gasteiger partial charge in [-0.1, -0.05) is 17.7 Å². The minimum atomic E-state index is -0.348. The van der Waals surface area contributed by atoms with Crippen LogP contribution in [-0.2, 0) is 0 Å². The summed E-state index contributed by atoms with van der Waals surface area (Å²) in [5.41, 5.74) is 1.72. The maximum atomic E-state index is 12.1. The number of halogens is 1. The van der Waals surface area contributed by atoms with Crippen LogP contribution < -0.4 is 5.32 Å². The van der Waals surface area contributed by atoms with Crippen LogP contribution in [0.3, 0.4) is 0 Å². The molecule has 0 heterocycles. The third-order valence-corrected chi connectivity index (χ3v) is 3.21. The van der Waals surface area contributed by atoms with Gasteiger partial charge in [0.25, 0.3) is 5.91 Å². The van der Waals surface area contributed by atoms with E-state index in [1.807, 2.05) is 6.07 Å². The summed E-state index contributed by atoms with van der Waals surface area (Å²) in [6.45, 7) is 1.66. The number of phenolic OH excluding ortho intramolecular Hbond substituents is 1. The molecule has 2 aromatic rings. The number of nitriles is 1. The molecule has 0 bridgehead atoms. The molecule has 2 N–H and O–H groups in total. The second-order valence-corrected chi connectivity index (χ2v) is 4.62. The number of nitrogens with zero attached hydrogens (tertiary/aromatic N) is 1. The Morgan fingerprint density at radius 1 is 1.35 bits per heavy atom. The van der Waals surface area contributed by atoms with Crippen molar-refractivity contribution in [3.05, 3.63) is 58.1 Å². The molecule has 0 saturated heterocycles. The fourth-order valence-corrected chi connectivity index (χ4v) is 1.97. The Morgan fingerprint density at radius 3 is 2.75 bits per heavy atom. The number of carbonyl (C=O) groups excluding carboxylic acids is 1. The molecule has 0 aliphatic carbocycles. The molecule has 20 heavy (non-hydrogen) atoms. The minimum absolute atomic E-state index is 0.0653. The fourth-order valence-electron chi connectivity index (χ4n) is 1.75. The molecule has 0 saturated carbocycles. The Kier molecular flexibility index (Phi) is 3.92. The summed E-state index contributed by atoms with van der Waals surface area (Å²) in [5.74, 6) is -0.283. The Labute approximate surface area is 121 Å². The number of hydrogen-bond donors (Lipinski definition) is 2. The van der Waals surface area contributed by atoms with E-state index in [4.69, 9.17) is 16.9 Å². The van der Waals surface area contributed by atoms with Gasteiger partial charge in [0.05, 0.1) is 10.6 Å². The summed E-state index contributed by atoms with van der Waals surface area (Å²) in [6, 6.07) is 11.3. The lowest BCUT2D eigenvalue weighted by molar-refractivity contribution is 0.102. The van der Waals surface area contributed by atoms with Crippen molar-refractivity contribution in [2.24, 2.45) is 0 Å². The zero-order chi connectivity index (χ0) is 14.7. The van der Waals surface area contributed by atoms with Crippen molar-refractivity contribution in [1.82, 2.24) is 0 Å². The third kappa shape index (κ3) is 2.73. The number of aromatic hydroxyl groups is 1. The molecular formula is C15H11ClN2O2. The number of benzene rings is 2. The van der Waals surface area contributed by atoms with Crippen LogP contribution >= 0.6 is 11.6 Å². The smallest absolute Gasteiger partial charge is 0.256 e. The van der Waals surface area contributed by atoms with Crippen LogP contribution in [0.4, 0.5) is 5.69 Å². The highest BCUT2D eigenvalue weighted by molar-refractivity contribution is 6.32. The minimum Gasteiger partial charge on any atom is -0.508 e. The lowest BCUT2D eigenvalue weighted by Gasteiger charge is -2.09. The van der Waals surface area contributed by atoms with Crippen LogP contribution in [0.5, 0.6) is 5.75 Å². The van der Waals surface area contributed by atoms with E-state index in [9.17, 15) is 9.90 Å². The predicted octanol–water partition coefficient (Wildman–Crippen LogP) is 3.48. The topological polar surface area (TPSA) is 73.1 Å². The van der Waals surface area contributed by atoms with E-state index in [1.165, 1.54) is 18.2 Å². The molecule has 2 aromatic carbocycles. The van der Waals surface area contributed by atoms with Crippen molar-refractivity contribution >= 4 is 23.2 Å². The fraction of sp³-hybridized carbons (Fsp3) is 0.0667. The first kappa shape index (κ1) is 13.9. The molecule has 1 amide bonds. The molecular weight excluding hydrogens is 276 g/mol. The highest BCUT2D eigenvalue weighted by Crippen LogP contribution is 2.23. The summed E-state index contributed by atoms with van der Waals surface area (Å²) in [7, 11) is 0. The van der Waals surface area contributed by atoms with E-state index < -0.39 is 0 Å². The number of amides is 1. The normalized spacial score (nSPS) is 9.85. The van der Waals surface area contributed by atoms with Gasteiger partial charge >= 0.3 is 0 Å². The zero-order valence-corrected chi connectivity index (χ0v) is 11.4. The van der Waals surface area contributed by atoms with Crippen molar-refractivity contribution in [3.8, 4) is 11.8 Å². The Morgan fingerprint density at radius 2 is 2.10 bits per heavy atom. The van der Waals surface area contributed by atoms with Crippen LogP contribution in [0.2, 0.25) is 5.02 Å². The van der Waals surface area contributed by atoms with Crippen molar-refractivity contribution in [2.45, 2.75) is 6.92 Å². The highest BCUT2D eigenvalue weighted by atomic mass is 35.5. The van der Waals surface area contributed by atoms with Gasteiger partial charge in [0.2, 0.25) is 0 Å². The SMILES string of the molecule is Cc1c(O)cccc1C(=O)Nc1ccc(C#N)c(Cl)c1. The first-order valence-corrected chi connectivity index (χ1v) is 6.20. The van der Waals surface area contributed by atoms with Crippen molar-refractivity contribution in [3.63, 3.8) is 0 Å². The molecule has 0 aromatic heterocycles. The number of rotatable bonds is 2. The molecule has 0 fully saturated rings. The number of carbonyl (C=O) groups is 1. The molecule has 0 aliphatic heterocycles. The van der Waals surface area contributed by atoms with Gasteiger partial charge in [0.15, 0.2) is 0 Å². The predicted molar refractivity (Wildman–Crippen MR) is 77.0 cm³/mol. The highest BCUT2D eigenvalue weighted by Gasteiger charge is 2.12. The third-order valence-electron chi connectivity index (χ3n) is 2.90. The first-order valence-electron chi connectivity index (χ1n) is 5.82. The Balaban J connectivity index is 2.26. The maximum absolute atomic E-state index is 12.1. The summed E-state index contributed by atoms with van der Waals surface area (Å²) >= 11 is 5.90. The van der Waals surface area contributed by atoms with Gasteiger partial charge in [0.1, 0.15) is 11.8 Å². The molecule has 5 heteroatoms.